The van der Waals surface area contributed by atoms with Crippen LogP contribution in [-0.4, -0.2) is 167 Å². The van der Waals surface area contributed by atoms with Crippen LogP contribution < -0.4 is 21.3 Å². The highest BCUT2D eigenvalue weighted by Gasteiger charge is 2.40. The number of sulfonamides is 2. The number of carbonyl (C=O) groups excluding carboxylic acids is 2. The number of hydrogen-bond donors (Lipinski definition) is 4. The molecule has 0 radical (unpaired) electrons. The highest BCUT2D eigenvalue weighted by atomic mass is 35.5. The van der Waals surface area contributed by atoms with Gasteiger partial charge in [0.15, 0.2) is 0 Å². The average Bonchev–Trinajstić information content (AvgIpc) is 3.92. The number of urea groups is 2. The van der Waals surface area contributed by atoms with Gasteiger partial charge >= 0.3 is 12.1 Å². The van der Waals surface area contributed by atoms with Crippen molar-refractivity contribution in [1.82, 2.24) is 39.7 Å². The summed E-state index contributed by atoms with van der Waals surface area (Å²) >= 11 is 39.3. The number of halogens is 6. The van der Waals surface area contributed by atoms with Gasteiger partial charge in [-0.25, -0.2) is 26.4 Å². The van der Waals surface area contributed by atoms with Gasteiger partial charge in [0.2, 0.25) is 20.0 Å². The first-order chi connectivity index (χ1) is 37.3. The molecule has 2 unspecified atom stereocenters. The number of nitrogens with one attached hydrogen (secondary N) is 4. The van der Waals surface area contributed by atoms with Crippen LogP contribution in [0, 0.1) is 0 Å². The summed E-state index contributed by atoms with van der Waals surface area (Å²) in [5, 5.41) is 14.0. The smallest absolute Gasteiger partial charge is 0.314 e. The molecule has 4 amide bonds. The zero-order valence-electron chi connectivity index (χ0n) is 43.3. The highest BCUT2D eigenvalue weighted by Crippen LogP contribution is 2.45. The molecule has 0 aromatic heterocycles. The third-order valence-corrected chi connectivity index (χ3v) is 19.6. The SMILES string of the molecule is CN1Cc2c(Cl)cc(Cl)cc2C(c2cc(Cl)c3c(c2)S(=O)(=O)N(CCOCCOCCNC(=O)NCCCCNC(=O)NCCOCCOCCN2Cc4c(Cl)cc(C5CN(C)Cc6c(Cl)cc(Cl)cc65)cc4S2(=O)=O)C3)C1. The van der Waals surface area contributed by atoms with E-state index in [-0.39, 0.29) is 126 Å². The van der Waals surface area contributed by atoms with E-state index in [1.54, 1.807) is 24.3 Å². The second-order valence-electron chi connectivity index (χ2n) is 19.6. The molecule has 0 saturated heterocycles. The molecule has 78 heavy (non-hydrogen) atoms. The molecule has 4 aromatic carbocycles. The van der Waals surface area contributed by atoms with Gasteiger partial charge in [-0.2, -0.15) is 8.61 Å². The molecular weight excluding hydrogens is 1170 g/mol. The monoisotopic (exact) mass is 1230 g/mol. The first-order valence-corrected chi connectivity index (χ1v) is 30.8. The summed E-state index contributed by atoms with van der Waals surface area (Å²) < 4.78 is 79.8. The molecule has 2 atom stereocenters. The Balaban J connectivity index is 0.605. The van der Waals surface area contributed by atoms with Gasteiger partial charge in [0.05, 0.1) is 62.6 Å². The van der Waals surface area contributed by atoms with Gasteiger partial charge in [0, 0.05) is 132 Å². The minimum absolute atomic E-state index is 0.143. The molecule has 0 spiro atoms. The van der Waals surface area contributed by atoms with E-state index < -0.39 is 20.0 Å². The van der Waals surface area contributed by atoms with Crippen LogP contribution in [0.1, 0.15) is 69.2 Å². The van der Waals surface area contributed by atoms with E-state index in [2.05, 4.69) is 31.1 Å². The molecule has 4 aliphatic rings. The predicted molar refractivity (Wildman–Crippen MR) is 303 cm³/mol. The van der Waals surface area contributed by atoms with Crippen molar-refractivity contribution in [2.24, 2.45) is 0 Å². The Labute approximate surface area is 486 Å². The fourth-order valence-electron chi connectivity index (χ4n) is 10.1. The van der Waals surface area contributed by atoms with Crippen LogP contribution in [0.2, 0.25) is 30.1 Å². The van der Waals surface area contributed by atoms with Crippen molar-refractivity contribution < 1.29 is 45.4 Å². The molecule has 8 rings (SSSR count). The normalized spacial score (nSPS) is 18.8. The van der Waals surface area contributed by atoms with Crippen molar-refractivity contribution in [1.29, 1.82) is 0 Å². The fraction of sp³-hybridized carbons (Fsp3) is 0.500. The van der Waals surface area contributed by atoms with Crippen molar-refractivity contribution in [3.8, 4) is 0 Å². The van der Waals surface area contributed by atoms with Gasteiger partial charge in [-0.05, 0) is 109 Å². The summed E-state index contributed by atoms with van der Waals surface area (Å²) in [7, 11) is -3.63. The van der Waals surface area contributed by atoms with E-state index in [0.29, 0.717) is 93.4 Å². The first-order valence-electron chi connectivity index (χ1n) is 25.6. The van der Waals surface area contributed by atoms with E-state index in [1.165, 1.54) is 8.61 Å². The zero-order valence-corrected chi connectivity index (χ0v) is 49.5. The second-order valence-corrected chi connectivity index (χ2v) is 25.9. The van der Waals surface area contributed by atoms with E-state index in [9.17, 15) is 26.4 Å². The number of rotatable bonds is 25. The summed E-state index contributed by atoms with van der Waals surface area (Å²) in [6, 6.07) is 13.7. The molecule has 0 saturated carbocycles. The largest absolute Gasteiger partial charge is 0.378 e. The standard InChI is InChI=1S/C52H64Cl6N8O10S2/c1-63-27-39(37-23-35(53)25-47(57)41(37)29-63)33-19-45(55)43-31-65(77(69,70)49(43)21-33)9-13-75-17-15-73-11-7-61-51(67)59-5-3-4-6-60-52(68)62-8-12-74-16-18-76-14-10-66-32-44-46(56)20-34(22-50(44)78(66,71)72)40-28-64(2)30-42-38(40)24-36(54)26-48(42)58/h19-26,39-40H,3-18,27-32H2,1-2H3,(H2,59,61,67)(H2,60,62,68). The highest BCUT2D eigenvalue weighted by molar-refractivity contribution is 7.89. The van der Waals surface area contributed by atoms with Gasteiger partial charge in [-0.15, -0.1) is 0 Å². The number of hydrogen-bond acceptors (Lipinski definition) is 12. The molecule has 0 fully saturated rings. The Morgan fingerprint density at radius 2 is 0.833 bits per heavy atom. The van der Waals surface area contributed by atoms with E-state index in [1.807, 2.05) is 38.4 Å². The van der Waals surface area contributed by atoms with Crippen molar-refractivity contribution >= 4 is 102 Å². The van der Waals surface area contributed by atoms with Gasteiger partial charge in [-0.3, -0.25) is 0 Å². The lowest BCUT2D eigenvalue weighted by Gasteiger charge is -2.33. The summed E-state index contributed by atoms with van der Waals surface area (Å²) in [5.74, 6) is -0.328. The molecule has 4 aromatic rings. The Hall–Kier alpha value is -3.26. The van der Waals surface area contributed by atoms with Gasteiger partial charge < -0.3 is 50.0 Å². The minimum atomic E-state index is -3.81. The van der Waals surface area contributed by atoms with Crippen LogP contribution in [0.15, 0.2) is 58.3 Å². The number of unbranched alkanes of at least 4 members (excludes halogenated alkanes) is 1. The lowest BCUT2D eigenvalue weighted by atomic mass is 9.84. The predicted octanol–water partition coefficient (Wildman–Crippen LogP) is 7.92. The van der Waals surface area contributed by atoms with Gasteiger partial charge in [0.25, 0.3) is 0 Å². The Morgan fingerprint density at radius 1 is 0.474 bits per heavy atom. The summed E-state index contributed by atoms with van der Waals surface area (Å²) in [6.07, 6.45) is 1.29. The molecular formula is C52H64Cl6N8O10S2. The molecule has 0 aliphatic carbocycles. The van der Waals surface area contributed by atoms with Crippen molar-refractivity contribution in [3.05, 3.63) is 123 Å². The summed E-state index contributed by atoms with van der Waals surface area (Å²) in [4.78, 5) is 29.0. The molecule has 426 valence electrons. The number of benzene rings is 4. The third kappa shape index (κ3) is 15.0. The fourth-order valence-corrected chi connectivity index (χ4v) is 15.3. The van der Waals surface area contributed by atoms with Crippen LogP contribution in [-0.2, 0) is 65.2 Å². The molecule has 0 bridgehead atoms. The maximum atomic E-state index is 13.7. The third-order valence-electron chi connectivity index (χ3n) is 14.0. The molecule has 18 nitrogen and oxygen atoms in total. The molecule has 26 heteroatoms. The number of carbonyl (C=O) groups is 2. The number of likely N-dealkylation sites (N-methyl/N-ethyl adjacent to an activating group) is 2. The van der Waals surface area contributed by atoms with E-state index in [4.69, 9.17) is 88.6 Å². The van der Waals surface area contributed by atoms with Crippen LogP contribution >= 0.6 is 69.6 Å². The maximum Gasteiger partial charge on any atom is 0.314 e. The molecule has 4 heterocycles. The average molecular weight is 1240 g/mol. The minimum Gasteiger partial charge on any atom is -0.378 e. The Bertz CT molecular complexity index is 2860. The van der Waals surface area contributed by atoms with E-state index >= 15 is 0 Å². The number of fused-ring (bicyclic) bond motifs is 4. The first kappa shape index (κ1) is 60.8. The van der Waals surface area contributed by atoms with Crippen LogP contribution in [0.4, 0.5) is 9.59 Å². The van der Waals surface area contributed by atoms with Crippen molar-refractivity contribution in [2.45, 2.75) is 60.6 Å². The van der Waals surface area contributed by atoms with Crippen molar-refractivity contribution in [2.75, 3.05) is 119 Å². The van der Waals surface area contributed by atoms with Crippen LogP contribution in [0.25, 0.3) is 0 Å². The molecule has 4 N–H and O–H groups in total. The topological polar surface area (TPSA) is 200 Å². The molecule has 4 aliphatic heterocycles. The number of ether oxygens (including phenoxy) is 4. The van der Waals surface area contributed by atoms with Crippen LogP contribution in [0.5, 0.6) is 0 Å². The summed E-state index contributed by atoms with van der Waals surface area (Å²) in [6.45, 7) is 6.44. The van der Waals surface area contributed by atoms with Gasteiger partial charge in [-0.1, -0.05) is 69.6 Å². The Morgan fingerprint density at radius 3 is 1.23 bits per heavy atom. The number of amides is 4. The zero-order chi connectivity index (χ0) is 55.7. The van der Waals surface area contributed by atoms with Crippen LogP contribution in [0.3, 0.4) is 0 Å². The van der Waals surface area contributed by atoms with E-state index in [0.717, 1.165) is 33.4 Å². The second kappa shape index (κ2) is 27.7. The lowest BCUT2D eigenvalue weighted by molar-refractivity contribution is 0.0459. The maximum absolute atomic E-state index is 13.7. The van der Waals surface area contributed by atoms with Gasteiger partial charge in [0.1, 0.15) is 0 Å². The van der Waals surface area contributed by atoms with Crippen molar-refractivity contribution in [3.63, 3.8) is 0 Å². The quantitative estimate of drug-likeness (QED) is 0.0468. The summed E-state index contributed by atoms with van der Waals surface area (Å²) in [5.41, 5.74) is 6.54. The Kier molecular flexibility index (Phi) is 21.6. The number of nitrogens with zero attached hydrogens (tertiary/aromatic N) is 4. The lowest BCUT2D eigenvalue weighted by Crippen LogP contribution is -2.39.